The summed E-state index contributed by atoms with van der Waals surface area (Å²) in [5.41, 5.74) is 4.93. The summed E-state index contributed by atoms with van der Waals surface area (Å²) in [6, 6.07) is 22.8. The molecule has 0 aliphatic rings. The SMILES string of the molecule is Cc1cc(C)cc(COc2ccc(/C=C(\C#N)C(=O)Nc3ccc(Br)cc3)cc2)c1. The number of amides is 1. The van der Waals surface area contributed by atoms with E-state index >= 15 is 0 Å². The largest absolute Gasteiger partial charge is 0.489 e. The van der Waals surface area contributed by atoms with Gasteiger partial charge in [0.1, 0.15) is 24.0 Å². The van der Waals surface area contributed by atoms with E-state index in [4.69, 9.17) is 4.74 Å². The predicted molar refractivity (Wildman–Crippen MR) is 123 cm³/mol. The molecule has 1 amide bonds. The lowest BCUT2D eigenvalue weighted by atomic mass is 10.1. The maximum atomic E-state index is 12.4. The lowest BCUT2D eigenvalue weighted by Gasteiger charge is -2.08. The monoisotopic (exact) mass is 460 g/mol. The number of carbonyl (C=O) groups excluding carboxylic acids is 1. The Morgan fingerprint density at radius 1 is 1.03 bits per heavy atom. The number of rotatable bonds is 6. The lowest BCUT2D eigenvalue weighted by Crippen LogP contribution is -2.13. The second kappa shape index (κ2) is 9.91. The van der Waals surface area contributed by atoms with Crippen LogP contribution < -0.4 is 10.1 Å². The van der Waals surface area contributed by atoms with Gasteiger partial charge in [0.25, 0.3) is 5.91 Å². The van der Waals surface area contributed by atoms with Crippen LogP contribution in [-0.4, -0.2) is 5.91 Å². The fourth-order valence-electron chi connectivity index (χ4n) is 3.03. The van der Waals surface area contributed by atoms with Crippen LogP contribution >= 0.6 is 15.9 Å². The molecule has 0 spiro atoms. The summed E-state index contributed by atoms with van der Waals surface area (Å²) in [7, 11) is 0. The van der Waals surface area contributed by atoms with Crippen molar-refractivity contribution in [3.63, 3.8) is 0 Å². The van der Waals surface area contributed by atoms with Gasteiger partial charge in [0.2, 0.25) is 0 Å². The molecule has 0 saturated carbocycles. The minimum absolute atomic E-state index is 0.0295. The summed E-state index contributed by atoms with van der Waals surface area (Å²) in [5.74, 6) is 0.277. The standard InChI is InChI=1S/C25H21BrN2O2/c1-17-11-18(2)13-20(12-17)16-30-24-9-3-19(4-10-24)14-21(15-27)25(29)28-23-7-5-22(26)6-8-23/h3-14H,16H2,1-2H3,(H,28,29)/b21-14+. The zero-order chi connectivity index (χ0) is 21.5. The van der Waals surface area contributed by atoms with Crippen molar-refractivity contribution >= 4 is 33.6 Å². The van der Waals surface area contributed by atoms with Crippen molar-refractivity contribution in [3.8, 4) is 11.8 Å². The van der Waals surface area contributed by atoms with Crippen LogP contribution in [0.4, 0.5) is 5.69 Å². The van der Waals surface area contributed by atoms with Crippen molar-refractivity contribution < 1.29 is 9.53 Å². The van der Waals surface area contributed by atoms with Crippen LogP contribution in [0.2, 0.25) is 0 Å². The Bertz CT molecular complexity index is 1090. The normalized spacial score (nSPS) is 10.9. The molecular formula is C25H21BrN2O2. The number of halogens is 1. The highest BCUT2D eigenvalue weighted by molar-refractivity contribution is 9.10. The van der Waals surface area contributed by atoms with Crippen LogP contribution in [0.5, 0.6) is 5.75 Å². The number of hydrogen-bond acceptors (Lipinski definition) is 3. The first-order valence-electron chi connectivity index (χ1n) is 9.42. The van der Waals surface area contributed by atoms with Gasteiger partial charge in [-0.3, -0.25) is 4.79 Å². The van der Waals surface area contributed by atoms with E-state index in [0.717, 1.165) is 21.3 Å². The lowest BCUT2D eigenvalue weighted by molar-refractivity contribution is -0.112. The molecule has 0 radical (unpaired) electrons. The minimum atomic E-state index is -0.449. The Kier molecular flexibility index (Phi) is 7.05. The van der Waals surface area contributed by atoms with E-state index in [1.807, 2.05) is 42.5 Å². The Labute approximate surface area is 184 Å². The van der Waals surface area contributed by atoms with Crippen molar-refractivity contribution in [3.05, 3.63) is 99.0 Å². The first-order valence-corrected chi connectivity index (χ1v) is 10.2. The quantitative estimate of drug-likeness (QED) is 0.352. The topological polar surface area (TPSA) is 62.1 Å². The summed E-state index contributed by atoms with van der Waals surface area (Å²) in [5, 5.41) is 12.1. The Morgan fingerprint density at radius 3 is 2.27 bits per heavy atom. The molecule has 0 bridgehead atoms. The number of anilines is 1. The van der Waals surface area contributed by atoms with Crippen molar-refractivity contribution in [2.24, 2.45) is 0 Å². The molecule has 4 nitrogen and oxygen atoms in total. The number of nitrogens with zero attached hydrogens (tertiary/aromatic N) is 1. The number of nitrogens with one attached hydrogen (secondary N) is 1. The van der Waals surface area contributed by atoms with Gasteiger partial charge in [0, 0.05) is 10.2 Å². The average molecular weight is 461 g/mol. The Morgan fingerprint density at radius 2 is 1.67 bits per heavy atom. The molecule has 0 saturated heterocycles. The molecule has 0 unspecified atom stereocenters. The highest BCUT2D eigenvalue weighted by Gasteiger charge is 2.09. The van der Waals surface area contributed by atoms with Crippen LogP contribution in [0.1, 0.15) is 22.3 Å². The molecule has 0 aromatic heterocycles. The van der Waals surface area contributed by atoms with Crippen LogP contribution in [-0.2, 0) is 11.4 Å². The molecule has 0 aliphatic carbocycles. The summed E-state index contributed by atoms with van der Waals surface area (Å²) < 4.78 is 6.77. The van der Waals surface area contributed by atoms with Gasteiger partial charge in [-0.2, -0.15) is 5.26 Å². The predicted octanol–water partition coefficient (Wildman–Crippen LogP) is 6.19. The molecule has 5 heteroatoms. The second-order valence-electron chi connectivity index (χ2n) is 6.98. The van der Waals surface area contributed by atoms with E-state index in [-0.39, 0.29) is 5.57 Å². The summed E-state index contributed by atoms with van der Waals surface area (Å²) in [4.78, 5) is 12.4. The van der Waals surface area contributed by atoms with E-state index < -0.39 is 5.91 Å². The zero-order valence-corrected chi connectivity index (χ0v) is 18.4. The molecule has 1 N–H and O–H groups in total. The third-order valence-electron chi connectivity index (χ3n) is 4.35. The molecule has 3 aromatic carbocycles. The number of carbonyl (C=O) groups is 1. The van der Waals surface area contributed by atoms with E-state index in [9.17, 15) is 10.1 Å². The van der Waals surface area contributed by atoms with Crippen LogP contribution in [0.25, 0.3) is 6.08 Å². The van der Waals surface area contributed by atoms with Gasteiger partial charge in [0.05, 0.1) is 0 Å². The molecule has 0 atom stereocenters. The summed E-state index contributed by atoms with van der Waals surface area (Å²) in [6.07, 6.45) is 1.56. The summed E-state index contributed by atoms with van der Waals surface area (Å²) in [6.45, 7) is 4.62. The van der Waals surface area contributed by atoms with E-state index in [1.165, 1.54) is 11.1 Å². The van der Waals surface area contributed by atoms with Gasteiger partial charge in [0.15, 0.2) is 0 Å². The van der Waals surface area contributed by atoms with Gasteiger partial charge < -0.3 is 10.1 Å². The van der Waals surface area contributed by atoms with Gasteiger partial charge >= 0.3 is 0 Å². The molecule has 150 valence electrons. The fourth-order valence-corrected chi connectivity index (χ4v) is 3.29. The number of benzene rings is 3. The van der Waals surface area contributed by atoms with Gasteiger partial charge in [-0.1, -0.05) is 57.4 Å². The molecule has 0 heterocycles. The molecule has 3 aromatic rings. The molecular weight excluding hydrogens is 440 g/mol. The van der Waals surface area contributed by atoms with Crippen LogP contribution in [0.3, 0.4) is 0 Å². The van der Waals surface area contributed by atoms with E-state index in [0.29, 0.717) is 12.3 Å². The third kappa shape index (κ3) is 6.07. The summed E-state index contributed by atoms with van der Waals surface area (Å²) >= 11 is 3.35. The van der Waals surface area contributed by atoms with Crippen molar-refractivity contribution in [1.82, 2.24) is 0 Å². The number of nitriles is 1. The maximum Gasteiger partial charge on any atom is 0.266 e. The zero-order valence-electron chi connectivity index (χ0n) is 16.8. The number of hydrogen-bond donors (Lipinski definition) is 1. The highest BCUT2D eigenvalue weighted by atomic mass is 79.9. The highest BCUT2D eigenvalue weighted by Crippen LogP contribution is 2.19. The second-order valence-corrected chi connectivity index (χ2v) is 7.90. The maximum absolute atomic E-state index is 12.4. The number of ether oxygens (including phenoxy) is 1. The molecule has 30 heavy (non-hydrogen) atoms. The first-order chi connectivity index (χ1) is 14.4. The van der Waals surface area contributed by atoms with Gasteiger partial charge in [-0.25, -0.2) is 0 Å². The van der Waals surface area contributed by atoms with Gasteiger partial charge in [-0.15, -0.1) is 0 Å². The third-order valence-corrected chi connectivity index (χ3v) is 4.87. The first kappa shape index (κ1) is 21.4. The van der Waals surface area contributed by atoms with E-state index in [1.54, 1.807) is 18.2 Å². The number of aryl methyl sites for hydroxylation is 2. The van der Waals surface area contributed by atoms with Crippen LogP contribution in [0.15, 0.2) is 76.8 Å². The van der Waals surface area contributed by atoms with Crippen molar-refractivity contribution in [1.29, 1.82) is 5.26 Å². The van der Waals surface area contributed by atoms with Crippen molar-refractivity contribution in [2.75, 3.05) is 5.32 Å². The Hall–Kier alpha value is -3.36. The van der Waals surface area contributed by atoms with E-state index in [2.05, 4.69) is 53.3 Å². The molecule has 3 rings (SSSR count). The Balaban J connectivity index is 1.65. The van der Waals surface area contributed by atoms with Crippen LogP contribution in [0, 0.1) is 25.2 Å². The molecule has 0 aliphatic heterocycles. The average Bonchev–Trinajstić information content (AvgIpc) is 2.72. The van der Waals surface area contributed by atoms with Crippen molar-refractivity contribution in [2.45, 2.75) is 20.5 Å². The van der Waals surface area contributed by atoms with Gasteiger partial charge in [-0.05, 0) is 67.4 Å². The molecule has 0 fully saturated rings. The minimum Gasteiger partial charge on any atom is -0.489 e. The fraction of sp³-hybridized carbons (Fsp3) is 0.120. The smallest absolute Gasteiger partial charge is 0.266 e.